The molecule has 1 saturated heterocycles. The maximum atomic E-state index is 12.3. The Balaban J connectivity index is 1.61. The van der Waals surface area contributed by atoms with E-state index >= 15 is 0 Å². The zero-order chi connectivity index (χ0) is 15.4. The number of aromatic amines is 1. The summed E-state index contributed by atoms with van der Waals surface area (Å²) in [5.74, 6) is 1.66. The number of rotatable bonds is 4. The minimum atomic E-state index is -0.0660. The molecule has 1 aliphatic heterocycles. The van der Waals surface area contributed by atoms with Gasteiger partial charge < -0.3 is 19.6 Å². The van der Waals surface area contributed by atoms with Gasteiger partial charge in [0.1, 0.15) is 11.6 Å². The van der Waals surface area contributed by atoms with Crippen molar-refractivity contribution in [3.8, 4) is 0 Å². The standard InChI is InChI=1S/C15H21N5O2/c1-2-19-7-8-20(11-13(19)14-16-5-6-17-14)15(21)18-10-12-4-3-9-22-12/h3-6,9,13H,2,7-8,10-11H2,1H3,(H,16,17)(H,18,21)/t13-/m1/s1. The fourth-order valence-electron chi connectivity index (χ4n) is 2.79. The van der Waals surface area contributed by atoms with Crippen LogP contribution in [0.25, 0.3) is 0 Å². The summed E-state index contributed by atoms with van der Waals surface area (Å²) in [6.07, 6.45) is 5.17. The van der Waals surface area contributed by atoms with Crippen LogP contribution in [0.4, 0.5) is 4.79 Å². The van der Waals surface area contributed by atoms with Crippen LogP contribution in [0.15, 0.2) is 35.2 Å². The van der Waals surface area contributed by atoms with Crippen LogP contribution < -0.4 is 5.32 Å². The molecule has 7 nitrogen and oxygen atoms in total. The first-order valence-corrected chi connectivity index (χ1v) is 7.56. The molecule has 2 aromatic rings. The molecule has 0 unspecified atom stereocenters. The second-order valence-corrected chi connectivity index (χ2v) is 5.30. The van der Waals surface area contributed by atoms with Gasteiger partial charge in [0, 0.05) is 32.0 Å². The Hall–Kier alpha value is -2.28. The molecule has 0 bridgehead atoms. The molecule has 0 aliphatic carbocycles. The van der Waals surface area contributed by atoms with Crippen LogP contribution in [0.3, 0.4) is 0 Å². The molecule has 7 heteroatoms. The fraction of sp³-hybridized carbons (Fsp3) is 0.467. The molecule has 3 rings (SSSR count). The number of H-pyrrole nitrogens is 1. The highest BCUT2D eigenvalue weighted by molar-refractivity contribution is 5.74. The van der Waals surface area contributed by atoms with E-state index in [0.717, 1.165) is 31.2 Å². The Morgan fingerprint density at radius 3 is 3.14 bits per heavy atom. The average Bonchev–Trinajstić information content (AvgIpc) is 3.25. The summed E-state index contributed by atoms with van der Waals surface area (Å²) in [5, 5.41) is 2.90. The first-order chi connectivity index (χ1) is 10.8. The van der Waals surface area contributed by atoms with Gasteiger partial charge in [-0.3, -0.25) is 4.90 Å². The number of nitrogens with one attached hydrogen (secondary N) is 2. The first-order valence-electron chi connectivity index (χ1n) is 7.56. The number of hydrogen-bond acceptors (Lipinski definition) is 4. The number of imidazole rings is 1. The van der Waals surface area contributed by atoms with Crippen LogP contribution in [-0.2, 0) is 6.54 Å². The number of furan rings is 1. The molecule has 1 aliphatic rings. The Morgan fingerprint density at radius 2 is 2.45 bits per heavy atom. The maximum Gasteiger partial charge on any atom is 0.317 e. The maximum absolute atomic E-state index is 12.3. The largest absolute Gasteiger partial charge is 0.467 e. The molecule has 0 radical (unpaired) electrons. The van der Waals surface area contributed by atoms with Crippen LogP contribution in [0.5, 0.6) is 0 Å². The van der Waals surface area contributed by atoms with Crippen molar-refractivity contribution in [2.75, 3.05) is 26.2 Å². The highest BCUT2D eigenvalue weighted by Gasteiger charge is 2.31. The Morgan fingerprint density at radius 1 is 1.55 bits per heavy atom. The summed E-state index contributed by atoms with van der Waals surface area (Å²) in [6, 6.07) is 3.71. The van der Waals surface area contributed by atoms with Crippen molar-refractivity contribution >= 4 is 6.03 Å². The van der Waals surface area contributed by atoms with Crippen LogP contribution in [0.1, 0.15) is 24.6 Å². The van der Waals surface area contributed by atoms with E-state index in [9.17, 15) is 4.79 Å². The molecule has 2 N–H and O–H groups in total. The molecule has 0 aromatic carbocycles. The quantitative estimate of drug-likeness (QED) is 0.899. The zero-order valence-corrected chi connectivity index (χ0v) is 12.7. The van der Waals surface area contributed by atoms with Crippen molar-refractivity contribution in [1.29, 1.82) is 0 Å². The van der Waals surface area contributed by atoms with E-state index in [0.29, 0.717) is 13.1 Å². The van der Waals surface area contributed by atoms with Gasteiger partial charge in [0.25, 0.3) is 0 Å². The van der Waals surface area contributed by atoms with E-state index in [-0.39, 0.29) is 12.1 Å². The van der Waals surface area contributed by atoms with Gasteiger partial charge in [-0.1, -0.05) is 6.92 Å². The highest BCUT2D eigenvalue weighted by Crippen LogP contribution is 2.22. The number of likely N-dealkylation sites (N-methyl/N-ethyl adjacent to an activating group) is 1. The molecule has 1 atom stereocenters. The lowest BCUT2D eigenvalue weighted by molar-refractivity contribution is 0.0894. The lowest BCUT2D eigenvalue weighted by Gasteiger charge is -2.39. The van der Waals surface area contributed by atoms with Gasteiger partial charge in [0.15, 0.2) is 0 Å². The number of nitrogens with zero attached hydrogens (tertiary/aromatic N) is 3. The SMILES string of the molecule is CCN1CCN(C(=O)NCc2ccco2)C[C@@H]1c1ncc[nH]1. The fourth-order valence-corrected chi connectivity index (χ4v) is 2.79. The summed E-state index contributed by atoms with van der Waals surface area (Å²) < 4.78 is 5.23. The first kappa shape index (κ1) is 14.6. The van der Waals surface area contributed by atoms with Crippen molar-refractivity contribution in [2.45, 2.75) is 19.5 Å². The van der Waals surface area contributed by atoms with Crippen LogP contribution in [0.2, 0.25) is 0 Å². The molecular weight excluding hydrogens is 282 g/mol. The predicted molar refractivity (Wildman–Crippen MR) is 81.1 cm³/mol. The molecule has 2 amide bonds. The van der Waals surface area contributed by atoms with Gasteiger partial charge in [0.2, 0.25) is 0 Å². The van der Waals surface area contributed by atoms with Crippen molar-refractivity contribution < 1.29 is 9.21 Å². The number of aromatic nitrogens is 2. The van der Waals surface area contributed by atoms with Crippen LogP contribution in [-0.4, -0.2) is 52.0 Å². The Bertz CT molecular complexity index is 581. The predicted octanol–water partition coefficient (Wildman–Crippen LogP) is 1.59. The number of carbonyl (C=O) groups is 1. The third kappa shape index (κ3) is 3.14. The van der Waals surface area contributed by atoms with E-state index in [1.54, 1.807) is 12.5 Å². The van der Waals surface area contributed by atoms with Gasteiger partial charge in [-0.15, -0.1) is 0 Å². The molecule has 118 valence electrons. The van der Waals surface area contributed by atoms with Crippen molar-refractivity contribution in [1.82, 2.24) is 25.1 Å². The summed E-state index contributed by atoms with van der Waals surface area (Å²) in [7, 11) is 0. The second kappa shape index (κ2) is 6.65. The molecular formula is C15H21N5O2. The number of hydrogen-bond donors (Lipinski definition) is 2. The van der Waals surface area contributed by atoms with E-state index in [4.69, 9.17) is 4.42 Å². The minimum Gasteiger partial charge on any atom is -0.467 e. The Kier molecular flexibility index (Phi) is 4.43. The van der Waals surface area contributed by atoms with Gasteiger partial charge in [0.05, 0.1) is 18.8 Å². The summed E-state index contributed by atoms with van der Waals surface area (Å²) in [5.41, 5.74) is 0. The third-order valence-electron chi connectivity index (χ3n) is 4.01. The lowest BCUT2D eigenvalue weighted by atomic mass is 10.1. The number of carbonyl (C=O) groups excluding carboxylic acids is 1. The summed E-state index contributed by atoms with van der Waals surface area (Å²) >= 11 is 0. The highest BCUT2D eigenvalue weighted by atomic mass is 16.3. The van der Waals surface area contributed by atoms with Crippen molar-refractivity contribution in [3.63, 3.8) is 0 Å². The van der Waals surface area contributed by atoms with E-state index in [2.05, 4.69) is 27.1 Å². The molecule has 1 fully saturated rings. The number of urea groups is 1. The summed E-state index contributed by atoms with van der Waals surface area (Å²) in [4.78, 5) is 24.0. The van der Waals surface area contributed by atoms with Crippen molar-refractivity contribution in [2.24, 2.45) is 0 Å². The molecule has 2 aromatic heterocycles. The van der Waals surface area contributed by atoms with E-state index in [1.807, 2.05) is 23.2 Å². The number of amides is 2. The lowest BCUT2D eigenvalue weighted by Crippen LogP contribution is -2.53. The summed E-state index contributed by atoms with van der Waals surface area (Å²) in [6.45, 7) is 5.66. The van der Waals surface area contributed by atoms with Crippen LogP contribution in [0, 0.1) is 0 Å². The van der Waals surface area contributed by atoms with E-state index in [1.165, 1.54) is 0 Å². The smallest absolute Gasteiger partial charge is 0.317 e. The normalized spacial score (nSPS) is 19.3. The van der Waals surface area contributed by atoms with Gasteiger partial charge in [-0.05, 0) is 18.7 Å². The third-order valence-corrected chi connectivity index (χ3v) is 4.01. The molecule has 0 saturated carbocycles. The van der Waals surface area contributed by atoms with Gasteiger partial charge in [-0.25, -0.2) is 9.78 Å². The van der Waals surface area contributed by atoms with Crippen LogP contribution >= 0.6 is 0 Å². The minimum absolute atomic E-state index is 0.0660. The van der Waals surface area contributed by atoms with Gasteiger partial charge >= 0.3 is 6.03 Å². The topological polar surface area (TPSA) is 77.4 Å². The average molecular weight is 303 g/mol. The number of piperazine rings is 1. The van der Waals surface area contributed by atoms with Crippen molar-refractivity contribution in [3.05, 3.63) is 42.4 Å². The molecule has 0 spiro atoms. The molecule has 3 heterocycles. The van der Waals surface area contributed by atoms with E-state index < -0.39 is 0 Å². The Labute approximate surface area is 129 Å². The van der Waals surface area contributed by atoms with Gasteiger partial charge in [-0.2, -0.15) is 0 Å². The molecule has 22 heavy (non-hydrogen) atoms. The zero-order valence-electron chi connectivity index (χ0n) is 12.7. The second-order valence-electron chi connectivity index (χ2n) is 5.30. The monoisotopic (exact) mass is 303 g/mol.